The Balaban J connectivity index is 1.98. The molecular weight excluding hydrogens is 350 g/mol. The van der Waals surface area contributed by atoms with E-state index in [-0.39, 0.29) is 5.56 Å². The number of carboxylic acids is 1. The average molecular weight is 369 g/mol. The maximum absolute atomic E-state index is 12.6. The second-order valence-corrected chi connectivity index (χ2v) is 6.21. The van der Waals surface area contributed by atoms with Gasteiger partial charge < -0.3 is 40.3 Å². The van der Waals surface area contributed by atoms with Gasteiger partial charge in [0, 0.05) is 11.3 Å². The molecule has 1 aromatic rings. The van der Waals surface area contributed by atoms with E-state index in [2.05, 4.69) is 5.32 Å². The topological polar surface area (TPSA) is 166 Å². The summed E-state index contributed by atoms with van der Waals surface area (Å²) in [5, 5.41) is 50.9. The molecule has 0 bridgehead atoms. The van der Waals surface area contributed by atoms with Crippen LogP contribution in [0.2, 0.25) is 0 Å². The van der Waals surface area contributed by atoms with E-state index in [1.54, 1.807) is 18.2 Å². The SMILES string of the molecule is O=C(O)CC1(OC2OC(CO)C(O)C(O)C2O)C(=O)Nc2ccccc21. The van der Waals surface area contributed by atoms with Crippen molar-refractivity contribution >= 4 is 17.6 Å². The Hall–Kier alpha value is -2.08. The zero-order valence-electron chi connectivity index (χ0n) is 13.5. The lowest BCUT2D eigenvalue weighted by Crippen LogP contribution is -2.61. The molecule has 1 saturated heterocycles. The van der Waals surface area contributed by atoms with Crippen LogP contribution in [0.4, 0.5) is 5.69 Å². The summed E-state index contributed by atoms with van der Waals surface area (Å²) in [4.78, 5) is 24.0. The van der Waals surface area contributed by atoms with Gasteiger partial charge >= 0.3 is 5.97 Å². The lowest BCUT2D eigenvalue weighted by atomic mass is 9.90. The fourth-order valence-electron chi connectivity index (χ4n) is 3.20. The van der Waals surface area contributed by atoms with E-state index in [0.717, 1.165) is 0 Å². The number of amides is 1. The quantitative estimate of drug-likeness (QED) is 0.348. The molecule has 1 aromatic carbocycles. The third kappa shape index (κ3) is 2.96. The predicted octanol–water partition coefficient (Wildman–Crippen LogP) is -1.87. The number of nitrogens with one attached hydrogen (secondary N) is 1. The molecule has 6 unspecified atom stereocenters. The normalized spacial score (nSPS) is 36.5. The molecule has 10 heteroatoms. The average Bonchev–Trinajstić information content (AvgIpc) is 2.87. The number of rotatable bonds is 5. The van der Waals surface area contributed by atoms with E-state index in [1.807, 2.05) is 0 Å². The van der Waals surface area contributed by atoms with Crippen molar-refractivity contribution < 1.29 is 44.6 Å². The Labute approximate surface area is 147 Å². The highest BCUT2D eigenvalue weighted by atomic mass is 16.7. The molecule has 2 aliphatic heterocycles. The number of aliphatic carboxylic acids is 1. The fraction of sp³-hybridized carbons (Fsp3) is 0.500. The first-order valence-electron chi connectivity index (χ1n) is 7.91. The highest BCUT2D eigenvalue weighted by molar-refractivity contribution is 6.06. The Morgan fingerprint density at radius 3 is 2.54 bits per heavy atom. The summed E-state index contributed by atoms with van der Waals surface area (Å²) in [5.74, 6) is -2.10. The first-order chi connectivity index (χ1) is 12.3. The Morgan fingerprint density at radius 2 is 1.88 bits per heavy atom. The second kappa shape index (κ2) is 6.91. The number of hydrogen-bond donors (Lipinski definition) is 6. The van der Waals surface area contributed by atoms with E-state index in [0.29, 0.717) is 5.69 Å². The summed E-state index contributed by atoms with van der Waals surface area (Å²) in [6, 6.07) is 6.30. The Morgan fingerprint density at radius 1 is 1.19 bits per heavy atom. The number of carbonyl (C=O) groups is 2. The summed E-state index contributed by atoms with van der Waals surface area (Å²) >= 11 is 0. The van der Waals surface area contributed by atoms with Gasteiger partial charge in [0.05, 0.1) is 13.0 Å². The van der Waals surface area contributed by atoms with Crippen molar-refractivity contribution in [2.24, 2.45) is 0 Å². The number of para-hydroxylation sites is 1. The van der Waals surface area contributed by atoms with Gasteiger partial charge in [-0.2, -0.15) is 0 Å². The molecule has 2 heterocycles. The number of aliphatic hydroxyl groups is 4. The standard InChI is InChI=1S/C16H19NO9/c18-6-9-11(21)12(22)13(23)14(25-9)26-16(5-10(19)20)7-3-1-2-4-8(7)17-15(16)24/h1-4,9,11-14,18,21-23H,5-6H2,(H,17,24)(H,19,20). The van der Waals surface area contributed by atoms with Crippen molar-refractivity contribution in [2.75, 3.05) is 11.9 Å². The number of fused-ring (bicyclic) bond motifs is 1. The number of hydrogen-bond acceptors (Lipinski definition) is 8. The molecule has 10 nitrogen and oxygen atoms in total. The minimum Gasteiger partial charge on any atom is -0.481 e. The van der Waals surface area contributed by atoms with Crippen LogP contribution in [0.1, 0.15) is 12.0 Å². The maximum Gasteiger partial charge on any atom is 0.307 e. The van der Waals surface area contributed by atoms with E-state index >= 15 is 0 Å². The number of benzene rings is 1. The zero-order valence-corrected chi connectivity index (χ0v) is 13.5. The van der Waals surface area contributed by atoms with Gasteiger partial charge in [-0.1, -0.05) is 18.2 Å². The van der Waals surface area contributed by atoms with Crippen LogP contribution in [0, 0.1) is 0 Å². The number of aliphatic hydroxyl groups excluding tert-OH is 4. The van der Waals surface area contributed by atoms with Crippen LogP contribution in [0.5, 0.6) is 0 Å². The molecule has 0 aromatic heterocycles. The molecule has 0 spiro atoms. The fourth-order valence-corrected chi connectivity index (χ4v) is 3.20. The van der Waals surface area contributed by atoms with Gasteiger partial charge in [-0.15, -0.1) is 0 Å². The van der Waals surface area contributed by atoms with Crippen LogP contribution in [-0.2, 0) is 24.7 Å². The van der Waals surface area contributed by atoms with E-state index in [1.165, 1.54) is 6.07 Å². The first kappa shape index (κ1) is 18.7. The highest BCUT2D eigenvalue weighted by Gasteiger charge is 2.54. The number of carboxylic acid groups (broad SMARTS) is 1. The first-order valence-corrected chi connectivity index (χ1v) is 7.91. The molecule has 26 heavy (non-hydrogen) atoms. The van der Waals surface area contributed by atoms with Crippen LogP contribution in [0.3, 0.4) is 0 Å². The van der Waals surface area contributed by atoms with E-state index in [9.17, 15) is 35.1 Å². The van der Waals surface area contributed by atoms with Crippen LogP contribution >= 0.6 is 0 Å². The second-order valence-electron chi connectivity index (χ2n) is 6.21. The largest absolute Gasteiger partial charge is 0.481 e. The highest BCUT2D eigenvalue weighted by Crippen LogP contribution is 2.43. The summed E-state index contributed by atoms with van der Waals surface area (Å²) in [6.07, 6.45) is -8.74. The summed E-state index contributed by atoms with van der Waals surface area (Å²) < 4.78 is 10.9. The Bertz CT molecular complexity index is 709. The monoisotopic (exact) mass is 369 g/mol. The lowest BCUT2D eigenvalue weighted by Gasteiger charge is -2.42. The third-order valence-corrected chi connectivity index (χ3v) is 4.54. The van der Waals surface area contributed by atoms with Gasteiger partial charge in [-0.05, 0) is 6.07 Å². The van der Waals surface area contributed by atoms with Crippen molar-refractivity contribution in [1.29, 1.82) is 0 Å². The van der Waals surface area contributed by atoms with Gasteiger partial charge in [-0.3, -0.25) is 9.59 Å². The van der Waals surface area contributed by atoms with Gasteiger partial charge in [0.1, 0.15) is 24.4 Å². The van der Waals surface area contributed by atoms with Crippen molar-refractivity contribution in [1.82, 2.24) is 0 Å². The van der Waals surface area contributed by atoms with Crippen molar-refractivity contribution in [2.45, 2.75) is 42.7 Å². The van der Waals surface area contributed by atoms with Crippen LogP contribution in [-0.4, -0.2) is 74.7 Å². The van der Waals surface area contributed by atoms with E-state index < -0.39 is 61.2 Å². The summed E-state index contributed by atoms with van der Waals surface area (Å²) in [5.41, 5.74) is -1.41. The van der Waals surface area contributed by atoms with Gasteiger partial charge in [-0.25, -0.2) is 0 Å². The minimum atomic E-state index is -2.00. The number of anilines is 1. The molecule has 0 aliphatic carbocycles. The summed E-state index contributed by atoms with van der Waals surface area (Å²) in [7, 11) is 0. The van der Waals surface area contributed by atoms with Crippen LogP contribution in [0.15, 0.2) is 24.3 Å². The third-order valence-electron chi connectivity index (χ3n) is 4.54. The van der Waals surface area contributed by atoms with Gasteiger partial charge in [0.15, 0.2) is 11.9 Å². The molecule has 3 rings (SSSR count). The zero-order chi connectivity index (χ0) is 19.1. The van der Waals surface area contributed by atoms with E-state index in [4.69, 9.17) is 9.47 Å². The smallest absolute Gasteiger partial charge is 0.307 e. The van der Waals surface area contributed by atoms with Crippen molar-refractivity contribution in [3.63, 3.8) is 0 Å². The minimum absolute atomic E-state index is 0.240. The summed E-state index contributed by atoms with van der Waals surface area (Å²) in [6.45, 7) is -0.681. The van der Waals surface area contributed by atoms with Crippen molar-refractivity contribution in [3.05, 3.63) is 29.8 Å². The maximum atomic E-state index is 12.6. The molecule has 0 saturated carbocycles. The number of carbonyl (C=O) groups excluding carboxylic acids is 1. The number of ether oxygens (including phenoxy) is 2. The molecule has 1 fully saturated rings. The van der Waals surface area contributed by atoms with Gasteiger partial charge in [0.2, 0.25) is 0 Å². The lowest BCUT2D eigenvalue weighted by molar-refractivity contribution is -0.323. The molecule has 142 valence electrons. The van der Waals surface area contributed by atoms with Crippen molar-refractivity contribution in [3.8, 4) is 0 Å². The predicted molar refractivity (Wildman–Crippen MR) is 83.9 cm³/mol. The molecule has 1 amide bonds. The molecule has 6 N–H and O–H groups in total. The molecular formula is C16H19NO9. The molecule has 0 radical (unpaired) electrons. The Kier molecular flexibility index (Phi) is 4.97. The molecule has 6 atom stereocenters. The molecule has 2 aliphatic rings. The van der Waals surface area contributed by atoms with Crippen LogP contribution < -0.4 is 5.32 Å². The van der Waals surface area contributed by atoms with Crippen LogP contribution in [0.25, 0.3) is 0 Å². The van der Waals surface area contributed by atoms with Gasteiger partial charge in [0.25, 0.3) is 5.91 Å².